The Morgan fingerprint density at radius 3 is 2.87 bits per heavy atom. The normalized spacial score (nSPS) is 14.6. The molecule has 0 aliphatic heterocycles. The molecular weight excluding hydrogens is 216 g/mol. The van der Waals surface area contributed by atoms with Crippen LogP contribution in [-0.4, -0.2) is 15.3 Å². The maximum Gasteiger partial charge on any atom is 0.272 e. The van der Waals surface area contributed by atoms with Gasteiger partial charge < -0.3 is 0 Å². The highest BCUT2D eigenvalue weighted by atomic mass is 35.5. The molecule has 15 heavy (non-hydrogen) atoms. The Balaban J connectivity index is 2.94. The Hall–Kier alpha value is -1.16. The third-order valence-corrected chi connectivity index (χ3v) is 3.06. The summed E-state index contributed by atoms with van der Waals surface area (Å²) in [6, 6.07) is 2.86. The fourth-order valence-electron chi connectivity index (χ4n) is 1.34. The minimum atomic E-state index is -0.424. The molecule has 1 aromatic rings. The van der Waals surface area contributed by atoms with Gasteiger partial charge in [-0.3, -0.25) is 15.1 Å². The van der Waals surface area contributed by atoms with Gasteiger partial charge in [0.15, 0.2) is 0 Å². The smallest absolute Gasteiger partial charge is 0.260 e. The van der Waals surface area contributed by atoms with Crippen molar-refractivity contribution in [3.05, 3.63) is 34.1 Å². The molecule has 0 saturated heterocycles. The van der Waals surface area contributed by atoms with Crippen LogP contribution < -0.4 is 0 Å². The van der Waals surface area contributed by atoms with E-state index in [9.17, 15) is 10.1 Å². The summed E-state index contributed by atoms with van der Waals surface area (Å²) in [7, 11) is 0. The number of nitrogens with zero attached hydrogens (tertiary/aromatic N) is 2. The highest BCUT2D eigenvalue weighted by Gasteiger charge is 2.18. The van der Waals surface area contributed by atoms with E-state index in [-0.39, 0.29) is 17.0 Å². The van der Waals surface area contributed by atoms with Gasteiger partial charge in [0, 0.05) is 29.6 Å². The quantitative estimate of drug-likeness (QED) is 0.452. The fraction of sp³-hybridized carbons (Fsp3) is 0.500. The Bertz CT molecular complexity index is 357. The lowest BCUT2D eigenvalue weighted by Crippen LogP contribution is -2.10. The van der Waals surface area contributed by atoms with E-state index < -0.39 is 4.92 Å². The van der Waals surface area contributed by atoms with E-state index in [2.05, 4.69) is 4.98 Å². The minimum Gasteiger partial charge on any atom is -0.260 e. The third-order valence-electron chi connectivity index (χ3n) is 2.37. The number of aromatic nitrogens is 1. The summed E-state index contributed by atoms with van der Waals surface area (Å²) in [5.41, 5.74) is 0.734. The SMILES string of the molecule is CCC(Cl)C(C)c1cc([N+](=O)[O-])ccn1. The van der Waals surface area contributed by atoms with Crippen molar-refractivity contribution in [2.45, 2.75) is 31.6 Å². The first-order valence-electron chi connectivity index (χ1n) is 4.80. The lowest BCUT2D eigenvalue weighted by molar-refractivity contribution is -0.385. The zero-order valence-corrected chi connectivity index (χ0v) is 9.44. The average molecular weight is 229 g/mol. The lowest BCUT2D eigenvalue weighted by Gasteiger charge is -2.15. The maximum atomic E-state index is 10.6. The molecule has 82 valence electrons. The second-order valence-electron chi connectivity index (χ2n) is 3.41. The Kier molecular flexibility index (Phi) is 4.03. The Morgan fingerprint density at radius 2 is 2.33 bits per heavy atom. The molecule has 2 unspecified atom stereocenters. The first kappa shape index (κ1) is 11.9. The van der Waals surface area contributed by atoms with Gasteiger partial charge in [0.05, 0.1) is 10.6 Å². The molecule has 1 rings (SSSR count). The first-order valence-corrected chi connectivity index (χ1v) is 5.24. The number of pyridine rings is 1. The zero-order chi connectivity index (χ0) is 11.4. The minimum absolute atomic E-state index is 0.0246. The Labute approximate surface area is 93.4 Å². The predicted octanol–water partition coefficient (Wildman–Crippen LogP) is 3.11. The van der Waals surface area contributed by atoms with Gasteiger partial charge in [-0.05, 0) is 6.42 Å². The number of rotatable bonds is 4. The summed E-state index contributed by atoms with van der Waals surface area (Å²) in [6.07, 6.45) is 2.26. The molecular formula is C10H13ClN2O2. The number of alkyl halides is 1. The topological polar surface area (TPSA) is 56.0 Å². The van der Waals surface area contributed by atoms with E-state index >= 15 is 0 Å². The van der Waals surface area contributed by atoms with Gasteiger partial charge in [-0.25, -0.2) is 0 Å². The van der Waals surface area contributed by atoms with Crippen molar-refractivity contribution < 1.29 is 4.92 Å². The van der Waals surface area contributed by atoms with E-state index in [0.29, 0.717) is 5.69 Å². The molecule has 0 saturated carbocycles. The molecule has 4 nitrogen and oxygen atoms in total. The second-order valence-corrected chi connectivity index (χ2v) is 3.97. The van der Waals surface area contributed by atoms with Gasteiger partial charge >= 0.3 is 0 Å². The first-order chi connectivity index (χ1) is 7.06. The number of nitro groups is 1. The monoisotopic (exact) mass is 228 g/mol. The van der Waals surface area contributed by atoms with Gasteiger partial charge in [-0.2, -0.15) is 0 Å². The molecule has 1 aromatic heterocycles. The highest BCUT2D eigenvalue weighted by molar-refractivity contribution is 6.21. The third kappa shape index (κ3) is 2.89. The molecule has 0 N–H and O–H groups in total. The van der Waals surface area contributed by atoms with Gasteiger partial charge in [0.2, 0.25) is 0 Å². The molecule has 0 aromatic carbocycles. The van der Waals surface area contributed by atoms with Crippen LogP contribution in [0.15, 0.2) is 18.3 Å². The number of hydrogen-bond donors (Lipinski definition) is 0. The fourth-order valence-corrected chi connectivity index (χ4v) is 1.47. The summed E-state index contributed by atoms with van der Waals surface area (Å²) in [6.45, 7) is 3.90. The van der Waals surface area contributed by atoms with E-state index in [1.54, 1.807) is 0 Å². The molecule has 0 aliphatic rings. The van der Waals surface area contributed by atoms with Gasteiger partial charge in [-0.15, -0.1) is 11.6 Å². The van der Waals surface area contributed by atoms with Gasteiger partial charge in [0.25, 0.3) is 5.69 Å². The molecule has 0 fully saturated rings. The second kappa shape index (κ2) is 5.07. The summed E-state index contributed by atoms with van der Waals surface area (Å²) in [5, 5.41) is 10.5. The maximum absolute atomic E-state index is 10.6. The zero-order valence-electron chi connectivity index (χ0n) is 8.68. The van der Waals surface area contributed by atoms with Crippen molar-refractivity contribution in [1.29, 1.82) is 0 Å². The van der Waals surface area contributed by atoms with Crippen LogP contribution in [0.1, 0.15) is 31.9 Å². The molecule has 0 amide bonds. The summed E-state index contributed by atoms with van der Waals surface area (Å²) >= 11 is 6.07. The van der Waals surface area contributed by atoms with Crippen LogP contribution in [0.2, 0.25) is 0 Å². The van der Waals surface area contributed by atoms with Crippen LogP contribution in [0.4, 0.5) is 5.69 Å². The van der Waals surface area contributed by atoms with Gasteiger partial charge in [-0.1, -0.05) is 13.8 Å². The molecule has 2 atom stereocenters. The van der Waals surface area contributed by atoms with Crippen molar-refractivity contribution in [3.63, 3.8) is 0 Å². The molecule has 0 aliphatic carbocycles. The molecule has 0 spiro atoms. The van der Waals surface area contributed by atoms with E-state index in [0.717, 1.165) is 6.42 Å². The van der Waals surface area contributed by atoms with Crippen LogP contribution in [-0.2, 0) is 0 Å². The molecule has 0 bridgehead atoms. The highest BCUT2D eigenvalue weighted by Crippen LogP contribution is 2.25. The molecule has 5 heteroatoms. The summed E-state index contributed by atoms with van der Waals surface area (Å²) in [4.78, 5) is 14.2. The lowest BCUT2D eigenvalue weighted by atomic mass is 10.0. The van der Waals surface area contributed by atoms with Crippen LogP contribution in [0, 0.1) is 10.1 Å². The number of hydrogen-bond acceptors (Lipinski definition) is 3. The van der Waals surface area contributed by atoms with Crippen LogP contribution >= 0.6 is 11.6 Å². The van der Waals surface area contributed by atoms with Crippen molar-refractivity contribution in [3.8, 4) is 0 Å². The summed E-state index contributed by atoms with van der Waals surface area (Å²) in [5.74, 6) is 0.0246. The van der Waals surface area contributed by atoms with Crippen molar-refractivity contribution in [2.75, 3.05) is 0 Å². The average Bonchev–Trinajstić information content (AvgIpc) is 2.27. The van der Waals surface area contributed by atoms with Crippen molar-refractivity contribution in [1.82, 2.24) is 4.98 Å². The Morgan fingerprint density at radius 1 is 1.67 bits per heavy atom. The molecule has 1 heterocycles. The largest absolute Gasteiger partial charge is 0.272 e. The standard InChI is InChI=1S/C10H13ClN2O2/c1-3-9(11)7(2)10-6-8(13(14)15)4-5-12-10/h4-7,9H,3H2,1-2H3. The van der Waals surface area contributed by atoms with Crippen molar-refractivity contribution in [2.24, 2.45) is 0 Å². The molecule has 0 radical (unpaired) electrons. The van der Waals surface area contributed by atoms with Crippen LogP contribution in [0.25, 0.3) is 0 Å². The summed E-state index contributed by atoms with van der Waals surface area (Å²) < 4.78 is 0. The van der Waals surface area contributed by atoms with Gasteiger partial charge in [0.1, 0.15) is 0 Å². The van der Waals surface area contributed by atoms with E-state index in [1.807, 2.05) is 13.8 Å². The number of halogens is 1. The van der Waals surface area contributed by atoms with Crippen LogP contribution in [0.5, 0.6) is 0 Å². The predicted molar refractivity (Wildman–Crippen MR) is 59.2 cm³/mol. The van der Waals surface area contributed by atoms with Crippen LogP contribution in [0.3, 0.4) is 0 Å². The van der Waals surface area contributed by atoms with E-state index in [4.69, 9.17) is 11.6 Å². The van der Waals surface area contributed by atoms with E-state index in [1.165, 1.54) is 18.3 Å². The van der Waals surface area contributed by atoms with Crippen molar-refractivity contribution >= 4 is 17.3 Å².